The van der Waals surface area contributed by atoms with Crippen molar-refractivity contribution in [3.05, 3.63) is 57.5 Å². The number of benzene rings is 1. The van der Waals surface area contributed by atoms with Gasteiger partial charge in [0.1, 0.15) is 0 Å². The molecule has 1 saturated carbocycles. The number of aryl methyl sites for hydroxylation is 2. The van der Waals surface area contributed by atoms with Crippen LogP contribution in [0.5, 0.6) is 0 Å². The van der Waals surface area contributed by atoms with Crippen LogP contribution in [-0.2, 0) is 7.05 Å². The van der Waals surface area contributed by atoms with Gasteiger partial charge in [0.15, 0.2) is 0 Å². The molecule has 0 atom stereocenters. The molecule has 1 aromatic carbocycles. The van der Waals surface area contributed by atoms with E-state index in [4.69, 9.17) is 0 Å². The van der Waals surface area contributed by atoms with Gasteiger partial charge in [0.2, 0.25) is 5.92 Å². The summed E-state index contributed by atoms with van der Waals surface area (Å²) in [6, 6.07) is 9.12. The SMILES string of the molecule is Cc1cc(-c2[nH]c3ccc(C4CCN(C5CCC(F)(F)CC5)CC4)cc3c2C(C)C)cn(C)c1=O. The van der Waals surface area contributed by atoms with Gasteiger partial charge in [-0.25, -0.2) is 8.78 Å². The molecule has 1 N–H and O–H groups in total. The molecule has 35 heavy (non-hydrogen) atoms. The lowest BCUT2D eigenvalue weighted by atomic mass is 9.85. The van der Waals surface area contributed by atoms with Crippen LogP contribution in [0.15, 0.2) is 35.3 Å². The van der Waals surface area contributed by atoms with Crippen molar-refractivity contribution in [1.29, 1.82) is 0 Å². The average Bonchev–Trinajstić information content (AvgIpc) is 3.21. The van der Waals surface area contributed by atoms with E-state index in [2.05, 4.69) is 41.9 Å². The number of halogens is 2. The van der Waals surface area contributed by atoms with Crippen molar-refractivity contribution in [3.8, 4) is 11.3 Å². The van der Waals surface area contributed by atoms with E-state index in [0.29, 0.717) is 30.7 Å². The summed E-state index contributed by atoms with van der Waals surface area (Å²) in [4.78, 5) is 18.3. The molecular weight excluding hydrogens is 444 g/mol. The van der Waals surface area contributed by atoms with Crippen LogP contribution < -0.4 is 5.56 Å². The normalized spacial score (nSPS) is 20.2. The molecule has 2 aliphatic rings. The number of hydrogen-bond acceptors (Lipinski definition) is 2. The number of fused-ring (bicyclic) bond motifs is 1. The monoisotopic (exact) mass is 481 g/mol. The number of aromatic nitrogens is 2. The van der Waals surface area contributed by atoms with Gasteiger partial charge in [-0.3, -0.25) is 4.79 Å². The predicted octanol–water partition coefficient (Wildman–Crippen LogP) is 6.72. The minimum absolute atomic E-state index is 0.0338. The minimum Gasteiger partial charge on any atom is -0.354 e. The molecule has 0 amide bonds. The molecule has 0 spiro atoms. The van der Waals surface area contributed by atoms with E-state index in [1.165, 1.54) is 16.5 Å². The van der Waals surface area contributed by atoms with Crippen molar-refractivity contribution in [3.63, 3.8) is 0 Å². The first kappa shape index (κ1) is 24.2. The van der Waals surface area contributed by atoms with E-state index < -0.39 is 5.92 Å². The fraction of sp³-hybridized carbons (Fsp3) is 0.552. The van der Waals surface area contributed by atoms with Crippen molar-refractivity contribution >= 4 is 10.9 Å². The van der Waals surface area contributed by atoms with E-state index in [-0.39, 0.29) is 18.4 Å². The number of H-pyrrole nitrogens is 1. The van der Waals surface area contributed by atoms with Crippen LogP contribution in [0.4, 0.5) is 8.78 Å². The first-order chi connectivity index (χ1) is 16.6. The van der Waals surface area contributed by atoms with Crippen LogP contribution in [0.1, 0.15) is 80.9 Å². The van der Waals surface area contributed by atoms with Gasteiger partial charge in [0, 0.05) is 54.2 Å². The molecule has 5 rings (SSSR count). The molecule has 6 heteroatoms. The Kier molecular flexibility index (Phi) is 6.37. The summed E-state index contributed by atoms with van der Waals surface area (Å²) in [5, 5.41) is 1.26. The number of alkyl halides is 2. The Hall–Kier alpha value is -2.47. The molecule has 2 aromatic heterocycles. The number of nitrogens with one attached hydrogen (secondary N) is 1. The highest BCUT2D eigenvalue weighted by Crippen LogP contribution is 2.40. The van der Waals surface area contributed by atoms with Crippen LogP contribution in [0.2, 0.25) is 0 Å². The first-order valence-electron chi connectivity index (χ1n) is 13.1. The van der Waals surface area contributed by atoms with Gasteiger partial charge in [-0.1, -0.05) is 19.9 Å². The summed E-state index contributed by atoms with van der Waals surface area (Å²) >= 11 is 0. The molecule has 188 valence electrons. The second-order valence-electron chi connectivity index (χ2n) is 11.1. The lowest BCUT2D eigenvalue weighted by Crippen LogP contribution is -2.44. The number of rotatable bonds is 4. The van der Waals surface area contributed by atoms with Crippen molar-refractivity contribution in [2.24, 2.45) is 7.05 Å². The highest BCUT2D eigenvalue weighted by Gasteiger charge is 2.37. The van der Waals surface area contributed by atoms with Gasteiger partial charge >= 0.3 is 0 Å². The van der Waals surface area contributed by atoms with Gasteiger partial charge in [-0.2, -0.15) is 0 Å². The largest absolute Gasteiger partial charge is 0.354 e. The van der Waals surface area contributed by atoms with Crippen LogP contribution in [0, 0.1) is 6.92 Å². The zero-order chi connectivity index (χ0) is 24.9. The Balaban J connectivity index is 1.39. The summed E-state index contributed by atoms with van der Waals surface area (Å²) < 4.78 is 28.8. The number of piperidine rings is 1. The molecule has 3 heterocycles. The molecule has 1 aliphatic heterocycles. The van der Waals surface area contributed by atoms with Gasteiger partial charge in [-0.15, -0.1) is 0 Å². The topological polar surface area (TPSA) is 41.0 Å². The van der Waals surface area contributed by atoms with E-state index in [1.807, 2.05) is 19.2 Å². The van der Waals surface area contributed by atoms with Crippen molar-refractivity contribution in [2.45, 2.75) is 83.1 Å². The van der Waals surface area contributed by atoms with Crippen molar-refractivity contribution in [2.75, 3.05) is 13.1 Å². The molecular formula is C29H37F2N3O. The quantitative estimate of drug-likeness (QED) is 0.449. The lowest BCUT2D eigenvalue weighted by Gasteiger charge is -2.40. The summed E-state index contributed by atoms with van der Waals surface area (Å²) in [6.07, 6.45) is 5.40. The second-order valence-corrected chi connectivity index (χ2v) is 11.1. The molecule has 1 aliphatic carbocycles. The van der Waals surface area contributed by atoms with Crippen LogP contribution in [0.25, 0.3) is 22.2 Å². The van der Waals surface area contributed by atoms with Gasteiger partial charge in [0.25, 0.3) is 5.56 Å². The maximum atomic E-state index is 13.6. The predicted molar refractivity (Wildman–Crippen MR) is 139 cm³/mol. The fourth-order valence-electron chi connectivity index (χ4n) is 6.31. The number of aromatic amines is 1. The zero-order valence-corrected chi connectivity index (χ0v) is 21.3. The molecule has 2 fully saturated rings. The number of nitrogens with zero attached hydrogens (tertiary/aromatic N) is 2. The summed E-state index contributed by atoms with van der Waals surface area (Å²) in [5.74, 6) is -1.63. The van der Waals surface area contributed by atoms with Crippen molar-refractivity contribution < 1.29 is 8.78 Å². The highest BCUT2D eigenvalue weighted by molar-refractivity contribution is 5.92. The van der Waals surface area contributed by atoms with E-state index >= 15 is 0 Å². The number of pyridine rings is 1. The molecule has 0 bridgehead atoms. The Morgan fingerprint density at radius 3 is 2.37 bits per heavy atom. The maximum absolute atomic E-state index is 13.6. The molecule has 0 unspecified atom stereocenters. The van der Waals surface area contributed by atoms with Crippen LogP contribution in [-0.4, -0.2) is 39.5 Å². The molecule has 4 nitrogen and oxygen atoms in total. The van der Waals surface area contributed by atoms with E-state index in [9.17, 15) is 13.6 Å². The highest BCUT2D eigenvalue weighted by atomic mass is 19.3. The summed E-state index contributed by atoms with van der Waals surface area (Å²) in [7, 11) is 1.81. The van der Waals surface area contributed by atoms with E-state index in [1.54, 1.807) is 11.6 Å². The average molecular weight is 482 g/mol. The number of likely N-dealkylation sites (tertiary alicyclic amines) is 1. The van der Waals surface area contributed by atoms with Crippen molar-refractivity contribution in [1.82, 2.24) is 14.5 Å². The van der Waals surface area contributed by atoms with E-state index in [0.717, 1.165) is 48.3 Å². The number of hydrogen-bond donors (Lipinski definition) is 1. The lowest BCUT2D eigenvalue weighted by molar-refractivity contribution is -0.0558. The molecule has 3 aromatic rings. The zero-order valence-electron chi connectivity index (χ0n) is 21.3. The third-order valence-electron chi connectivity index (χ3n) is 8.30. The fourth-order valence-corrected chi connectivity index (χ4v) is 6.31. The standard InChI is InChI=1S/C29H37F2N3O/c1-18(2)26-24-16-21(20-9-13-34(14-10-20)23-7-11-29(30,31)12-8-23)5-6-25(24)32-27(26)22-15-19(3)28(35)33(4)17-22/h5-6,15-18,20,23,32H,7-14H2,1-4H3. The van der Waals surface area contributed by atoms with Crippen LogP contribution >= 0.6 is 0 Å². The summed E-state index contributed by atoms with van der Waals surface area (Å²) in [6.45, 7) is 8.30. The Morgan fingerprint density at radius 1 is 1.06 bits per heavy atom. The second kappa shape index (κ2) is 9.20. The molecule has 0 radical (unpaired) electrons. The maximum Gasteiger partial charge on any atom is 0.253 e. The third kappa shape index (κ3) is 4.69. The van der Waals surface area contributed by atoms with Gasteiger partial charge in [-0.05, 0) is 86.9 Å². The van der Waals surface area contributed by atoms with Gasteiger partial charge in [0.05, 0.1) is 5.69 Å². The smallest absolute Gasteiger partial charge is 0.253 e. The van der Waals surface area contributed by atoms with Gasteiger partial charge < -0.3 is 14.5 Å². The molecule has 1 saturated heterocycles. The Morgan fingerprint density at radius 2 is 1.74 bits per heavy atom. The summed E-state index contributed by atoms with van der Waals surface area (Å²) in [5.41, 5.74) is 6.70. The Labute approximate surface area is 206 Å². The third-order valence-corrected chi connectivity index (χ3v) is 8.30. The van der Waals surface area contributed by atoms with Crippen LogP contribution in [0.3, 0.4) is 0 Å². The first-order valence-corrected chi connectivity index (χ1v) is 13.1. The Bertz CT molecular complexity index is 1240. The minimum atomic E-state index is -2.46.